The molecule has 2 aromatic rings. The van der Waals surface area contributed by atoms with E-state index >= 15 is 0 Å². The Bertz CT molecular complexity index is 654. The fraction of sp³-hybridized carbons (Fsp3) is 0.278. The van der Waals surface area contributed by atoms with Gasteiger partial charge in [0.15, 0.2) is 0 Å². The first-order valence-electron chi connectivity index (χ1n) is 7.59. The van der Waals surface area contributed by atoms with Crippen molar-refractivity contribution in [2.24, 2.45) is 5.92 Å². The first kappa shape index (κ1) is 15.3. The van der Waals surface area contributed by atoms with Gasteiger partial charge in [0.2, 0.25) is 0 Å². The van der Waals surface area contributed by atoms with E-state index < -0.39 is 0 Å². The van der Waals surface area contributed by atoms with E-state index in [1.807, 2.05) is 30.3 Å². The molecule has 0 N–H and O–H groups in total. The van der Waals surface area contributed by atoms with Gasteiger partial charge >= 0.3 is 6.03 Å². The summed E-state index contributed by atoms with van der Waals surface area (Å²) in [7, 11) is 1.70. The maximum Gasteiger partial charge on any atom is 0.324 e. The SMILES string of the molecule is CN(C(=O)N1CC(COc2ccccc2)C1)c1ccc(F)cc1. The van der Waals surface area contributed by atoms with Crippen LogP contribution in [0.3, 0.4) is 0 Å². The van der Waals surface area contributed by atoms with Crippen molar-refractivity contribution in [3.63, 3.8) is 0 Å². The zero-order valence-corrected chi connectivity index (χ0v) is 13.0. The van der Waals surface area contributed by atoms with Gasteiger partial charge in [-0.05, 0) is 36.4 Å². The molecule has 0 atom stereocenters. The van der Waals surface area contributed by atoms with Gasteiger partial charge in [-0.1, -0.05) is 18.2 Å². The number of urea groups is 1. The van der Waals surface area contributed by atoms with Crippen LogP contribution in [0.25, 0.3) is 0 Å². The summed E-state index contributed by atoms with van der Waals surface area (Å²) in [6, 6.07) is 15.5. The number of ether oxygens (including phenoxy) is 1. The first-order chi connectivity index (χ1) is 11.1. The van der Waals surface area contributed by atoms with E-state index in [9.17, 15) is 9.18 Å². The lowest BCUT2D eigenvalue weighted by molar-refractivity contribution is 0.0896. The van der Waals surface area contributed by atoms with Crippen molar-refractivity contribution in [1.29, 1.82) is 0 Å². The van der Waals surface area contributed by atoms with Crippen LogP contribution in [0, 0.1) is 11.7 Å². The Hall–Kier alpha value is -2.56. The normalized spacial score (nSPS) is 14.3. The second-order valence-electron chi connectivity index (χ2n) is 5.71. The number of carbonyl (C=O) groups excluding carboxylic acids is 1. The number of nitrogens with zero attached hydrogens (tertiary/aromatic N) is 2. The van der Waals surface area contributed by atoms with E-state index in [1.54, 1.807) is 24.1 Å². The molecular formula is C18H19FN2O2. The Morgan fingerprint density at radius 2 is 1.83 bits per heavy atom. The Labute approximate surface area is 135 Å². The molecule has 0 aliphatic carbocycles. The monoisotopic (exact) mass is 314 g/mol. The molecule has 1 saturated heterocycles. The van der Waals surface area contributed by atoms with Gasteiger partial charge in [0, 0.05) is 31.7 Å². The van der Waals surface area contributed by atoms with Gasteiger partial charge < -0.3 is 9.64 Å². The lowest BCUT2D eigenvalue weighted by Crippen LogP contribution is -2.55. The summed E-state index contributed by atoms with van der Waals surface area (Å²) in [4.78, 5) is 15.6. The number of para-hydroxylation sites is 1. The van der Waals surface area contributed by atoms with Gasteiger partial charge in [-0.25, -0.2) is 9.18 Å². The molecule has 23 heavy (non-hydrogen) atoms. The molecule has 0 aromatic heterocycles. The smallest absolute Gasteiger partial charge is 0.324 e. The molecule has 1 aliphatic heterocycles. The minimum atomic E-state index is -0.309. The third-order valence-corrected chi connectivity index (χ3v) is 3.96. The summed E-state index contributed by atoms with van der Waals surface area (Å²) in [5.41, 5.74) is 0.681. The van der Waals surface area contributed by atoms with Crippen molar-refractivity contribution < 1.29 is 13.9 Å². The van der Waals surface area contributed by atoms with E-state index in [2.05, 4.69) is 0 Å². The molecule has 4 nitrogen and oxygen atoms in total. The summed E-state index contributed by atoms with van der Waals surface area (Å²) in [5, 5.41) is 0. The van der Waals surface area contributed by atoms with Crippen LogP contribution in [0.5, 0.6) is 5.75 Å². The molecule has 2 aromatic carbocycles. The van der Waals surface area contributed by atoms with Crippen LogP contribution in [0.15, 0.2) is 54.6 Å². The third-order valence-electron chi connectivity index (χ3n) is 3.96. The number of rotatable bonds is 4. The summed E-state index contributed by atoms with van der Waals surface area (Å²) in [5.74, 6) is 0.887. The van der Waals surface area contributed by atoms with Crippen molar-refractivity contribution in [1.82, 2.24) is 4.90 Å². The zero-order chi connectivity index (χ0) is 16.2. The highest BCUT2D eigenvalue weighted by Crippen LogP contribution is 2.22. The Morgan fingerprint density at radius 1 is 1.17 bits per heavy atom. The number of hydrogen-bond donors (Lipinski definition) is 0. The maximum atomic E-state index is 12.9. The predicted molar refractivity (Wildman–Crippen MR) is 87.2 cm³/mol. The van der Waals surface area contributed by atoms with Crippen LogP contribution >= 0.6 is 0 Å². The molecule has 5 heteroatoms. The van der Waals surface area contributed by atoms with Crippen LogP contribution in [0.2, 0.25) is 0 Å². The van der Waals surface area contributed by atoms with Crippen LogP contribution in [0.1, 0.15) is 0 Å². The average Bonchev–Trinajstić information content (AvgIpc) is 2.54. The molecule has 120 valence electrons. The number of halogens is 1. The van der Waals surface area contributed by atoms with Crippen molar-refractivity contribution in [2.45, 2.75) is 0 Å². The highest BCUT2D eigenvalue weighted by molar-refractivity contribution is 5.91. The second kappa shape index (κ2) is 6.69. The topological polar surface area (TPSA) is 32.8 Å². The predicted octanol–water partition coefficient (Wildman–Crippen LogP) is 3.39. The molecule has 1 heterocycles. The number of amides is 2. The molecular weight excluding hydrogens is 295 g/mol. The average molecular weight is 314 g/mol. The molecule has 0 radical (unpaired) electrons. The van der Waals surface area contributed by atoms with Crippen LogP contribution < -0.4 is 9.64 Å². The maximum absolute atomic E-state index is 12.9. The Morgan fingerprint density at radius 3 is 2.48 bits per heavy atom. The highest BCUT2D eigenvalue weighted by atomic mass is 19.1. The fourth-order valence-corrected chi connectivity index (χ4v) is 2.55. The summed E-state index contributed by atoms with van der Waals surface area (Å²) < 4.78 is 18.6. The molecule has 0 unspecified atom stereocenters. The number of hydrogen-bond acceptors (Lipinski definition) is 2. The summed E-state index contributed by atoms with van der Waals surface area (Å²) in [6.45, 7) is 1.96. The number of benzene rings is 2. The van der Waals surface area contributed by atoms with Crippen molar-refractivity contribution in [3.8, 4) is 5.75 Å². The van der Waals surface area contributed by atoms with E-state index in [1.165, 1.54) is 17.0 Å². The van der Waals surface area contributed by atoms with Gasteiger partial charge in [0.05, 0.1) is 6.61 Å². The van der Waals surface area contributed by atoms with E-state index in [-0.39, 0.29) is 11.8 Å². The van der Waals surface area contributed by atoms with Crippen molar-refractivity contribution >= 4 is 11.7 Å². The van der Waals surface area contributed by atoms with Gasteiger partial charge in [-0.2, -0.15) is 0 Å². The molecule has 3 rings (SSSR count). The van der Waals surface area contributed by atoms with Gasteiger partial charge in [-0.15, -0.1) is 0 Å². The summed E-state index contributed by atoms with van der Waals surface area (Å²) in [6.07, 6.45) is 0. The first-order valence-corrected chi connectivity index (χ1v) is 7.59. The molecule has 2 amide bonds. The number of carbonyl (C=O) groups is 1. The lowest BCUT2D eigenvalue weighted by atomic mass is 10.0. The molecule has 0 bridgehead atoms. The third kappa shape index (κ3) is 3.62. The lowest BCUT2D eigenvalue weighted by Gasteiger charge is -2.40. The Kier molecular flexibility index (Phi) is 4.46. The minimum absolute atomic E-state index is 0.0763. The van der Waals surface area contributed by atoms with Crippen molar-refractivity contribution in [3.05, 3.63) is 60.4 Å². The second-order valence-corrected chi connectivity index (χ2v) is 5.71. The largest absolute Gasteiger partial charge is 0.493 e. The Balaban J connectivity index is 1.47. The van der Waals surface area contributed by atoms with Gasteiger partial charge in [-0.3, -0.25) is 4.90 Å². The quantitative estimate of drug-likeness (QED) is 0.866. The molecule has 0 saturated carbocycles. The zero-order valence-electron chi connectivity index (χ0n) is 13.0. The number of anilines is 1. The molecule has 1 fully saturated rings. The van der Waals surface area contributed by atoms with Crippen LogP contribution in [-0.2, 0) is 0 Å². The number of likely N-dealkylation sites (tertiary alicyclic amines) is 1. The fourth-order valence-electron chi connectivity index (χ4n) is 2.55. The van der Waals surface area contributed by atoms with Crippen LogP contribution in [0.4, 0.5) is 14.9 Å². The van der Waals surface area contributed by atoms with Crippen LogP contribution in [-0.4, -0.2) is 37.7 Å². The standard InChI is InChI=1S/C18H19FN2O2/c1-20(16-9-7-15(19)8-10-16)18(22)21-11-14(12-21)13-23-17-5-3-2-4-6-17/h2-10,14H,11-13H2,1H3. The van der Waals surface area contributed by atoms with Crippen molar-refractivity contribution in [2.75, 3.05) is 31.6 Å². The van der Waals surface area contributed by atoms with Gasteiger partial charge in [0.25, 0.3) is 0 Å². The van der Waals surface area contributed by atoms with E-state index in [0.29, 0.717) is 31.3 Å². The summed E-state index contributed by atoms with van der Waals surface area (Å²) >= 11 is 0. The molecule has 1 aliphatic rings. The van der Waals surface area contributed by atoms with Gasteiger partial charge in [0.1, 0.15) is 11.6 Å². The highest BCUT2D eigenvalue weighted by Gasteiger charge is 2.33. The molecule has 0 spiro atoms. The van der Waals surface area contributed by atoms with E-state index in [0.717, 1.165) is 5.75 Å². The minimum Gasteiger partial charge on any atom is -0.493 e. The van der Waals surface area contributed by atoms with E-state index in [4.69, 9.17) is 4.74 Å².